The van der Waals surface area contributed by atoms with Crippen molar-refractivity contribution in [2.45, 2.75) is 33.1 Å². The lowest BCUT2D eigenvalue weighted by Crippen LogP contribution is -2.10. The molecule has 0 amide bonds. The molecular weight excluding hydrogens is 188 g/mol. The molecule has 0 saturated carbocycles. The summed E-state index contributed by atoms with van der Waals surface area (Å²) < 4.78 is 5.10. The van der Waals surface area contributed by atoms with Gasteiger partial charge in [0.1, 0.15) is 5.75 Å². The van der Waals surface area contributed by atoms with Crippen molar-refractivity contribution in [1.29, 1.82) is 0 Å². The highest BCUT2D eigenvalue weighted by atomic mass is 16.5. The molecule has 15 heavy (non-hydrogen) atoms. The average molecular weight is 206 g/mol. The van der Waals surface area contributed by atoms with E-state index in [9.17, 15) is 4.79 Å². The monoisotopic (exact) mass is 206 g/mol. The number of carbonyl (C=O) groups is 1. The number of Topliss-reactive ketones (excluding diaryl/α,β-unsaturated/α-hetero) is 1. The van der Waals surface area contributed by atoms with Crippen molar-refractivity contribution in [3.63, 3.8) is 0 Å². The van der Waals surface area contributed by atoms with Crippen molar-refractivity contribution >= 4 is 5.78 Å². The summed E-state index contributed by atoms with van der Waals surface area (Å²) in [5.74, 6) is 1.11. The number of hydrogen-bond donors (Lipinski definition) is 0. The van der Waals surface area contributed by atoms with E-state index in [1.807, 2.05) is 32.0 Å². The van der Waals surface area contributed by atoms with Crippen LogP contribution in [0.5, 0.6) is 5.75 Å². The molecule has 2 heteroatoms. The van der Waals surface area contributed by atoms with E-state index in [-0.39, 0.29) is 5.78 Å². The van der Waals surface area contributed by atoms with Gasteiger partial charge >= 0.3 is 0 Å². The van der Waals surface area contributed by atoms with Crippen molar-refractivity contribution in [1.82, 2.24) is 0 Å². The molecular formula is C13H18O2. The number of carbonyl (C=O) groups excluding carboxylic acids is 1. The minimum atomic E-state index is 0.268. The zero-order valence-corrected chi connectivity index (χ0v) is 9.67. The number of aryl methyl sites for hydroxylation is 1. The van der Waals surface area contributed by atoms with E-state index in [2.05, 4.69) is 0 Å². The number of fused-ring (bicyclic) bond motifs is 1. The molecule has 2 nitrogen and oxygen atoms in total. The van der Waals surface area contributed by atoms with Gasteiger partial charge in [-0.25, -0.2) is 0 Å². The molecule has 82 valence electrons. The van der Waals surface area contributed by atoms with Crippen LogP contribution in [0.25, 0.3) is 0 Å². The van der Waals surface area contributed by atoms with Crippen LogP contribution < -0.4 is 4.74 Å². The Hall–Kier alpha value is -1.31. The smallest absolute Gasteiger partial charge is 0.163 e. The fraction of sp³-hybridized carbons (Fsp3) is 0.462. The highest BCUT2D eigenvalue weighted by Crippen LogP contribution is 2.24. The minimum absolute atomic E-state index is 0.268. The maximum atomic E-state index is 11.4. The fourth-order valence-electron chi connectivity index (χ4n) is 1.75. The molecule has 0 atom stereocenters. The Kier molecular flexibility index (Phi) is 4.35. The van der Waals surface area contributed by atoms with E-state index in [4.69, 9.17) is 4.74 Å². The molecule has 0 unspecified atom stereocenters. The van der Waals surface area contributed by atoms with Crippen molar-refractivity contribution in [2.24, 2.45) is 0 Å². The zero-order valence-electron chi connectivity index (χ0n) is 9.67. The summed E-state index contributed by atoms with van der Waals surface area (Å²) in [5, 5.41) is 0. The summed E-state index contributed by atoms with van der Waals surface area (Å²) in [6.45, 7) is 4.00. The number of hydrogen-bond acceptors (Lipinski definition) is 2. The van der Waals surface area contributed by atoms with Crippen LogP contribution >= 0.6 is 0 Å². The van der Waals surface area contributed by atoms with Crippen LogP contribution in [0.4, 0.5) is 0 Å². The van der Waals surface area contributed by atoms with Gasteiger partial charge in [-0.2, -0.15) is 0 Å². The van der Waals surface area contributed by atoms with Crippen LogP contribution in [0.1, 0.15) is 42.6 Å². The summed E-state index contributed by atoms with van der Waals surface area (Å²) in [4.78, 5) is 11.4. The third-order valence-corrected chi connectivity index (χ3v) is 2.46. The lowest BCUT2D eigenvalue weighted by Gasteiger charge is -2.14. The van der Waals surface area contributed by atoms with Gasteiger partial charge in [0.25, 0.3) is 0 Å². The van der Waals surface area contributed by atoms with E-state index < -0.39 is 0 Å². The lowest BCUT2D eigenvalue weighted by atomic mass is 9.91. The summed E-state index contributed by atoms with van der Waals surface area (Å²) in [5.41, 5.74) is 2.02. The molecule has 0 aliphatic heterocycles. The molecule has 0 heterocycles. The first-order valence-corrected chi connectivity index (χ1v) is 5.51. The van der Waals surface area contributed by atoms with E-state index in [1.165, 1.54) is 0 Å². The number of rotatable bonds is 1. The maximum Gasteiger partial charge on any atom is 0.163 e. The Balaban J connectivity index is 0.000000531. The van der Waals surface area contributed by atoms with E-state index >= 15 is 0 Å². The zero-order chi connectivity index (χ0) is 11.3. The minimum Gasteiger partial charge on any atom is -0.497 e. The van der Waals surface area contributed by atoms with Gasteiger partial charge in [-0.05, 0) is 36.6 Å². The van der Waals surface area contributed by atoms with E-state index in [0.717, 1.165) is 29.7 Å². The molecule has 0 bridgehead atoms. The largest absolute Gasteiger partial charge is 0.497 e. The molecule has 1 aliphatic carbocycles. The third kappa shape index (κ3) is 2.58. The first-order chi connectivity index (χ1) is 7.31. The highest BCUT2D eigenvalue weighted by molar-refractivity contribution is 5.98. The summed E-state index contributed by atoms with van der Waals surface area (Å²) in [6, 6.07) is 5.68. The molecule has 0 saturated heterocycles. The standard InChI is InChI=1S/C11H12O2.C2H6/c1-13-9-5-6-10-8(7-9)3-2-4-11(10)12;1-2/h5-7H,2-4H2,1H3;1-2H3. The summed E-state index contributed by atoms with van der Waals surface area (Å²) >= 11 is 0. The molecule has 0 fully saturated rings. The van der Waals surface area contributed by atoms with Crippen molar-refractivity contribution in [3.8, 4) is 5.75 Å². The fourth-order valence-corrected chi connectivity index (χ4v) is 1.75. The van der Waals surface area contributed by atoms with Crippen molar-refractivity contribution < 1.29 is 9.53 Å². The normalized spacial score (nSPS) is 13.7. The van der Waals surface area contributed by atoms with E-state index in [1.54, 1.807) is 7.11 Å². The predicted molar refractivity (Wildman–Crippen MR) is 61.6 cm³/mol. The van der Waals surface area contributed by atoms with Gasteiger partial charge in [-0.15, -0.1) is 0 Å². The first-order valence-electron chi connectivity index (χ1n) is 5.51. The van der Waals surface area contributed by atoms with Crippen molar-refractivity contribution in [2.75, 3.05) is 7.11 Å². The van der Waals surface area contributed by atoms with Crippen LogP contribution in [0.15, 0.2) is 18.2 Å². The third-order valence-electron chi connectivity index (χ3n) is 2.46. The molecule has 2 rings (SSSR count). The molecule has 1 aromatic rings. The Bertz CT molecular complexity index is 342. The number of methoxy groups -OCH3 is 1. The van der Waals surface area contributed by atoms with Crippen molar-refractivity contribution in [3.05, 3.63) is 29.3 Å². The highest BCUT2D eigenvalue weighted by Gasteiger charge is 2.16. The van der Waals surface area contributed by atoms with Crippen LogP contribution in [0, 0.1) is 0 Å². The Morgan fingerprint density at radius 2 is 1.93 bits per heavy atom. The number of benzene rings is 1. The molecule has 0 aromatic heterocycles. The number of ether oxygens (including phenoxy) is 1. The van der Waals surface area contributed by atoms with Gasteiger partial charge < -0.3 is 4.74 Å². The van der Waals surface area contributed by atoms with Gasteiger partial charge in [0, 0.05) is 12.0 Å². The second kappa shape index (κ2) is 5.54. The topological polar surface area (TPSA) is 26.3 Å². The molecule has 1 aliphatic rings. The second-order valence-corrected chi connectivity index (χ2v) is 3.30. The van der Waals surface area contributed by atoms with Gasteiger partial charge in [0.05, 0.1) is 7.11 Å². The van der Waals surface area contributed by atoms with Gasteiger partial charge in [-0.1, -0.05) is 13.8 Å². The molecule has 0 radical (unpaired) electrons. The Morgan fingerprint density at radius 1 is 1.20 bits per heavy atom. The number of ketones is 1. The van der Waals surface area contributed by atoms with Gasteiger partial charge in [-0.3, -0.25) is 4.79 Å². The lowest BCUT2D eigenvalue weighted by molar-refractivity contribution is 0.0972. The van der Waals surface area contributed by atoms with Crippen LogP contribution in [0.3, 0.4) is 0 Å². The summed E-state index contributed by atoms with van der Waals surface area (Å²) in [6.07, 6.45) is 2.66. The Labute approximate surface area is 91.3 Å². The van der Waals surface area contributed by atoms with Crippen LogP contribution in [-0.4, -0.2) is 12.9 Å². The SMILES string of the molecule is CC.COc1ccc2c(c1)CCCC2=O. The van der Waals surface area contributed by atoms with Gasteiger partial charge in [0.2, 0.25) is 0 Å². The van der Waals surface area contributed by atoms with Crippen LogP contribution in [0.2, 0.25) is 0 Å². The predicted octanol–water partition coefficient (Wildman–Crippen LogP) is 3.24. The maximum absolute atomic E-state index is 11.4. The molecule has 0 spiro atoms. The molecule has 0 N–H and O–H groups in total. The first kappa shape index (κ1) is 11.8. The van der Waals surface area contributed by atoms with E-state index in [0.29, 0.717) is 6.42 Å². The second-order valence-electron chi connectivity index (χ2n) is 3.30. The Morgan fingerprint density at radius 3 is 2.60 bits per heavy atom. The van der Waals surface area contributed by atoms with Crippen LogP contribution in [-0.2, 0) is 6.42 Å². The average Bonchev–Trinajstić information content (AvgIpc) is 2.31. The summed E-state index contributed by atoms with van der Waals surface area (Å²) in [7, 11) is 1.65. The quantitative estimate of drug-likeness (QED) is 0.705. The van der Waals surface area contributed by atoms with Gasteiger partial charge in [0.15, 0.2) is 5.78 Å². The molecule has 1 aromatic carbocycles.